The second-order valence-electron chi connectivity index (χ2n) is 6.84. The molecule has 2 fully saturated rings. The lowest BCUT2D eigenvalue weighted by Crippen LogP contribution is -2.55. The summed E-state index contributed by atoms with van der Waals surface area (Å²) in [6.07, 6.45) is 3.00. The van der Waals surface area contributed by atoms with Crippen molar-refractivity contribution in [3.63, 3.8) is 0 Å². The molecule has 0 bridgehead atoms. The lowest BCUT2D eigenvalue weighted by Gasteiger charge is -2.46. The van der Waals surface area contributed by atoms with Gasteiger partial charge in [-0.05, 0) is 62.1 Å². The first-order valence-electron chi connectivity index (χ1n) is 8.83. The van der Waals surface area contributed by atoms with Crippen LogP contribution < -0.4 is 4.90 Å². The highest BCUT2D eigenvalue weighted by atomic mass is 19.1. The number of aliphatic hydroxyl groups excluding tert-OH is 1. The fourth-order valence-electron chi connectivity index (χ4n) is 3.77. The summed E-state index contributed by atoms with van der Waals surface area (Å²) in [5.74, 6) is 0.564. The molecule has 2 aromatic rings. The molecule has 1 aromatic heterocycles. The fraction of sp³-hybridized carbons (Fsp3) is 0.474. The van der Waals surface area contributed by atoms with Gasteiger partial charge in [0.05, 0.1) is 17.4 Å². The SMILES string of the molecule is O[C@H]1CCCOC12CCN(c1ccc(-c3ccc(F)cc3)nn1)CC2. The van der Waals surface area contributed by atoms with Crippen molar-refractivity contribution in [3.05, 3.63) is 42.2 Å². The summed E-state index contributed by atoms with van der Waals surface area (Å²) in [5.41, 5.74) is 1.19. The molecule has 1 aromatic carbocycles. The molecule has 0 saturated carbocycles. The Morgan fingerprint density at radius 1 is 1.08 bits per heavy atom. The first kappa shape index (κ1) is 16.4. The van der Waals surface area contributed by atoms with Gasteiger partial charge in [0.2, 0.25) is 0 Å². The maximum absolute atomic E-state index is 13.0. The molecule has 1 N–H and O–H groups in total. The van der Waals surface area contributed by atoms with Crippen LogP contribution in [0.4, 0.5) is 10.2 Å². The average molecular weight is 343 g/mol. The quantitative estimate of drug-likeness (QED) is 0.909. The van der Waals surface area contributed by atoms with Gasteiger partial charge >= 0.3 is 0 Å². The van der Waals surface area contributed by atoms with E-state index in [0.717, 1.165) is 62.5 Å². The number of hydrogen-bond acceptors (Lipinski definition) is 5. The molecule has 3 heterocycles. The Morgan fingerprint density at radius 2 is 1.84 bits per heavy atom. The molecule has 1 atom stereocenters. The molecule has 6 heteroatoms. The third kappa shape index (κ3) is 3.24. The largest absolute Gasteiger partial charge is 0.390 e. The number of halogens is 1. The van der Waals surface area contributed by atoms with Crippen LogP contribution in [0.1, 0.15) is 25.7 Å². The monoisotopic (exact) mass is 343 g/mol. The number of aromatic nitrogens is 2. The van der Waals surface area contributed by atoms with Gasteiger partial charge in [0.1, 0.15) is 5.82 Å². The van der Waals surface area contributed by atoms with Gasteiger partial charge in [-0.2, -0.15) is 0 Å². The molecule has 25 heavy (non-hydrogen) atoms. The fourth-order valence-corrected chi connectivity index (χ4v) is 3.77. The van der Waals surface area contributed by atoms with Gasteiger partial charge in [-0.1, -0.05) is 0 Å². The van der Waals surface area contributed by atoms with Crippen LogP contribution in [0.3, 0.4) is 0 Å². The predicted octanol–water partition coefficient (Wildman–Crippen LogP) is 2.79. The summed E-state index contributed by atoms with van der Waals surface area (Å²) in [5, 5.41) is 18.9. The Balaban J connectivity index is 1.44. The van der Waals surface area contributed by atoms with E-state index in [4.69, 9.17) is 4.74 Å². The highest BCUT2D eigenvalue weighted by Crippen LogP contribution is 2.36. The minimum atomic E-state index is -0.379. The summed E-state index contributed by atoms with van der Waals surface area (Å²) >= 11 is 0. The number of anilines is 1. The van der Waals surface area contributed by atoms with Crippen LogP contribution in [0, 0.1) is 5.82 Å². The Labute approximate surface area is 146 Å². The number of piperidine rings is 1. The molecule has 5 nitrogen and oxygen atoms in total. The van der Waals surface area contributed by atoms with Crippen molar-refractivity contribution in [2.24, 2.45) is 0 Å². The van der Waals surface area contributed by atoms with Crippen molar-refractivity contribution in [1.29, 1.82) is 0 Å². The van der Waals surface area contributed by atoms with Crippen molar-refractivity contribution in [2.45, 2.75) is 37.4 Å². The molecule has 2 aliphatic rings. The number of ether oxygens (including phenoxy) is 1. The van der Waals surface area contributed by atoms with Crippen LogP contribution in [0.25, 0.3) is 11.3 Å². The second-order valence-corrected chi connectivity index (χ2v) is 6.84. The summed E-state index contributed by atoms with van der Waals surface area (Å²) in [6.45, 7) is 2.33. The van der Waals surface area contributed by atoms with E-state index < -0.39 is 0 Å². The Bertz CT molecular complexity index is 712. The van der Waals surface area contributed by atoms with E-state index in [0.29, 0.717) is 0 Å². The van der Waals surface area contributed by atoms with Crippen LogP contribution in [-0.2, 0) is 4.74 Å². The lowest BCUT2D eigenvalue weighted by atomic mass is 9.82. The van der Waals surface area contributed by atoms with Crippen molar-refractivity contribution in [2.75, 3.05) is 24.6 Å². The predicted molar refractivity (Wildman–Crippen MR) is 92.8 cm³/mol. The first-order valence-corrected chi connectivity index (χ1v) is 8.83. The molecule has 0 radical (unpaired) electrons. The van der Waals surface area contributed by atoms with E-state index in [2.05, 4.69) is 15.1 Å². The second kappa shape index (κ2) is 6.69. The van der Waals surface area contributed by atoms with Crippen LogP contribution in [-0.4, -0.2) is 46.7 Å². The third-order valence-electron chi connectivity index (χ3n) is 5.34. The molecule has 0 aliphatic carbocycles. The number of hydrogen-bond donors (Lipinski definition) is 1. The van der Waals surface area contributed by atoms with Crippen LogP contribution in [0.2, 0.25) is 0 Å². The zero-order chi connectivity index (χ0) is 17.3. The highest BCUT2D eigenvalue weighted by Gasteiger charge is 2.43. The van der Waals surface area contributed by atoms with E-state index in [1.54, 1.807) is 12.1 Å². The normalized spacial score (nSPS) is 23.0. The van der Waals surface area contributed by atoms with Gasteiger partial charge in [0.25, 0.3) is 0 Å². The van der Waals surface area contributed by atoms with Crippen LogP contribution >= 0.6 is 0 Å². The minimum Gasteiger partial charge on any atom is -0.390 e. The summed E-state index contributed by atoms with van der Waals surface area (Å²) in [6, 6.07) is 10.1. The standard InChI is InChI=1S/C19H22FN3O2/c20-15-5-3-14(4-6-15)16-7-8-18(22-21-16)23-11-9-19(10-12-23)17(24)2-1-13-25-19/h3-8,17,24H,1-2,9-13H2/t17-/m0/s1. The Kier molecular flexibility index (Phi) is 4.39. The molecule has 2 saturated heterocycles. The van der Waals surface area contributed by atoms with Crippen molar-refractivity contribution >= 4 is 5.82 Å². The molecule has 0 amide bonds. The smallest absolute Gasteiger partial charge is 0.151 e. The van der Waals surface area contributed by atoms with E-state index >= 15 is 0 Å². The van der Waals surface area contributed by atoms with Crippen LogP contribution in [0.15, 0.2) is 36.4 Å². The number of aliphatic hydroxyl groups is 1. The third-order valence-corrected chi connectivity index (χ3v) is 5.34. The summed E-state index contributed by atoms with van der Waals surface area (Å²) in [4.78, 5) is 2.18. The minimum absolute atomic E-state index is 0.261. The molecular formula is C19H22FN3O2. The molecular weight excluding hydrogens is 321 g/mol. The Morgan fingerprint density at radius 3 is 2.48 bits per heavy atom. The highest BCUT2D eigenvalue weighted by molar-refractivity contribution is 5.59. The van der Waals surface area contributed by atoms with E-state index in [9.17, 15) is 9.50 Å². The van der Waals surface area contributed by atoms with Crippen LogP contribution in [0.5, 0.6) is 0 Å². The number of nitrogens with zero attached hydrogens (tertiary/aromatic N) is 3. The lowest BCUT2D eigenvalue weighted by molar-refractivity contribution is -0.164. The molecule has 132 valence electrons. The summed E-state index contributed by atoms with van der Waals surface area (Å²) < 4.78 is 19.0. The number of rotatable bonds is 2. The molecule has 4 rings (SSSR count). The van der Waals surface area contributed by atoms with E-state index in [-0.39, 0.29) is 17.5 Å². The maximum atomic E-state index is 13.0. The van der Waals surface area contributed by atoms with Gasteiger partial charge < -0.3 is 14.7 Å². The Hall–Kier alpha value is -2.05. The summed E-state index contributed by atoms with van der Waals surface area (Å²) in [7, 11) is 0. The topological polar surface area (TPSA) is 58.5 Å². The van der Waals surface area contributed by atoms with Crippen molar-refractivity contribution in [3.8, 4) is 11.3 Å². The van der Waals surface area contributed by atoms with Crippen molar-refractivity contribution in [1.82, 2.24) is 10.2 Å². The molecule has 1 spiro atoms. The zero-order valence-corrected chi connectivity index (χ0v) is 14.1. The zero-order valence-electron chi connectivity index (χ0n) is 14.1. The number of benzene rings is 1. The van der Waals surface area contributed by atoms with E-state index in [1.807, 2.05) is 12.1 Å². The first-order chi connectivity index (χ1) is 12.2. The van der Waals surface area contributed by atoms with Gasteiger partial charge in [-0.3, -0.25) is 0 Å². The van der Waals surface area contributed by atoms with Gasteiger partial charge in [0.15, 0.2) is 5.82 Å². The van der Waals surface area contributed by atoms with Gasteiger partial charge in [-0.15, -0.1) is 10.2 Å². The molecule has 0 unspecified atom stereocenters. The average Bonchev–Trinajstić information content (AvgIpc) is 2.66. The van der Waals surface area contributed by atoms with E-state index in [1.165, 1.54) is 12.1 Å². The maximum Gasteiger partial charge on any atom is 0.151 e. The van der Waals surface area contributed by atoms with Crippen molar-refractivity contribution < 1.29 is 14.2 Å². The molecule has 2 aliphatic heterocycles. The van der Waals surface area contributed by atoms with Gasteiger partial charge in [-0.25, -0.2) is 4.39 Å². The van der Waals surface area contributed by atoms with Gasteiger partial charge in [0, 0.05) is 25.3 Å².